The van der Waals surface area contributed by atoms with Crippen LogP contribution in [0.5, 0.6) is 0 Å². The number of nitrogens with zero attached hydrogens (tertiary/aromatic N) is 1. The van der Waals surface area contributed by atoms with E-state index in [-0.39, 0.29) is 22.0 Å². The maximum absolute atomic E-state index is 13.3. The molecule has 0 unspecified atom stereocenters. The lowest BCUT2D eigenvalue weighted by atomic mass is 10.1. The van der Waals surface area contributed by atoms with E-state index in [2.05, 4.69) is 5.32 Å². The summed E-state index contributed by atoms with van der Waals surface area (Å²) in [5.41, 5.74) is 0.0822. The normalized spacial score (nSPS) is 18.1. The van der Waals surface area contributed by atoms with Gasteiger partial charge < -0.3 is 5.32 Å². The van der Waals surface area contributed by atoms with Crippen molar-refractivity contribution in [3.63, 3.8) is 0 Å². The minimum Gasteiger partial charge on any atom is -0.326 e. The van der Waals surface area contributed by atoms with Crippen molar-refractivity contribution >= 4 is 81.2 Å². The second-order valence-electron chi connectivity index (χ2n) is 8.50. The van der Waals surface area contributed by atoms with Gasteiger partial charge in [0.15, 0.2) is 0 Å². The zero-order valence-electron chi connectivity index (χ0n) is 18.8. The third-order valence-electron chi connectivity index (χ3n) is 5.77. The SMILES string of the molecule is O=C(Nc1ccc(Cl)c(C(=O)N(CC(F)(F)F)c2ccc(F)cc2)c1)[C@@H]1[C@@H](c2cc(Cl)cc(Cl)c2)C1(Cl)Cl. The predicted molar refractivity (Wildman–Crippen MR) is 141 cm³/mol. The summed E-state index contributed by atoms with van der Waals surface area (Å²) in [6.07, 6.45) is -4.77. The molecule has 1 saturated carbocycles. The van der Waals surface area contributed by atoms with Crippen LogP contribution in [0.4, 0.5) is 28.9 Å². The van der Waals surface area contributed by atoms with Gasteiger partial charge in [-0.25, -0.2) is 4.39 Å². The Morgan fingerprint density at radius 2 is 1.53 bits per heavy atom. The highest BCUT2D eigenvalue weighted by molar-refractivity contribution is 6.53. The molecule has 38 heavy (non-hydrogen) atoms. The Morgan fingerprint density at radius 1 is 0.921 bits per heavy atom. The van der Waals surface area contributed by atoms with Gasteiger partial charge in [0.1, 0.15) is 16.7 Å². The number of benzene rings is 3. The summed E-state index contributed by atoms with van der Waals surface area (Å²) in [7, 11) is 0. The molecule has 1 fully saturated rings. The highest BCUT2D eigenvalue weighted by atomic mass is 35.5. The van der Waals surface area contributed by atoms with Crippen LogP contribution in [0, 0.1) is 11.7 Å². The smallest absolute Gasteiger partial charge is 0.326 e. The number of hydrogen-bond donors (Lipinski definition) is 1. The molecule has 13 heteroatoms. The molecule has 0 saturated heterocycles. The molecule has 0 bridgehead atoms. The Hall–Kier alpha value is -2.23. The standard InChI is InChI=1S/C25H15Cl5F4N2O2/c26-13-7-12(8-14(27)9-13)20-21(25(20,29)30)22(37)35-16-3-6-19(28)18(10-16)23(38)36(11-24(32,33)34)17-4-1-15(31)2-5-17/h1-10,20-21H,11H2,(H,35,37)/t20-,21+/m1/s1. The lowest BCUT2D eigenvalue weighted by Gasteiger charge is -2.25. The number of anilines is 2. The molecular formula is C25H15Cl5F4N2O2. The van der Waals surface area contributed by atoms with Crippen LogP contribution in [0.1, 0.15) is 21.8 Å². The average Bonchev–Trinajstić information content (AvgIpc) is 3.40. The fourth-order valence-electron chi connectivity index (χ4n) is 4.04. The molecule has 4 rings (SSSR count). The number of nitrogens with one attached hydrogen (secondary N) is 1. The van der Waals surface area contributed by atoms with Crippen LogP contribution in [-0.4, -0.2) is 28.9 Å². The van der Waals surface area contributed by atoms with Gasteiger partial charge in [0.2, 0.25) is 5.91 Å². The molecule has 2 amide bonds. The first-order chi connectivity index (χ1) is 17.7. The van der Waals surface area contributed by atoms with Crippen molar-refractivity contribution in [2.45, 2.75) is 16.4 Å². The van der Waals surface area contributed by atoms with E-state index in [9.17, 15) is 27.2 Å². The number of rotatable bonds is 6. The first-order valence-electron chi connectivity index (χ1n) is 10.8. The Labute approximate surface area is 239 Å². The van der Waals surface area contributed by atoms with Crippen LogP contribution in [0.3, 0.4) is 0 Å². The maximum Gasteiger partial charge on any atom is 0.406 e. The largest absolute Gasteiger partial charge is 0.406 e. The summed E-state index contributed by atoms with van der Waals surface area (Å²) in [5.74, 6) is -3.98. The fourth-order valence-corrected chi connectivity index (χ4v) is 5.60. The summed E-state index contributed by atoms with van der Waals surface area (Å²) >= 11 is 31.0. The number of carbonyl (C=O) groups is 2. The number of halogens is 9. The second-order valence-corrected chi connectivity index (χ2v) is 11.2. The zero-order valence-corrected chi connectivity index (χ0v) is 22.6. The van der Waals surface area contributed by atoms with E-state index < -0.39 is 46.5 Å². The van der Waals surface area contributed by atoms with Crippen LogP contribution < -0.4 is 10.2 Å². The fraction of sp³-hybridized carbons (Fsp3) is 0.200. The van der Waals surface area contributed by atoms with E-state index in [1.165, 1.54) is 18.2 Å². The zero-order chi connectivity index (χ0) is 28.0. The van der Waals surface area contributed by atoms with E-state index in [0.29, 0.717) is 20.5 Å². The summed E-state index contributed by atoms with van der Waals surface area (Å²) in [5, 5.41) is 3.06. The minimum atomic E-state index is -4.77. The molecule has 0 radical (unpaired) electrons. The molecule has 1 aliphatic rings. The third-order valence-corrected chi connectivity index (χ3v) is 7.47. The molecule has 1 aliphatic carbocycles. The van der Waals surface area contributed by atoms with Gasteiger partial charge in [-0.1, -0.05) is 34.8 Å². The topological polar surface area (TPSA) is 49.4 Å². The van der Waals surface area contributed by atoms with E-state index in [0.717, 1.165) is 30.3 Å². The van der Waals surface area contributed by atoms with Crippen LogP contribution in [0.2, 0.25) is 15.1 Å². The Morgan fingerprint density at radius 3 is 2.11 bits per heavy atom. The molecule has 1 N–H and O–H groups in total. The highest BCUT2D eigenvalue weighted by Gasteiger charge is 2.67. The lowest BCUT2D eigenvalue weighted by molar-refractivity contribution is -0.119. The molecule has 2 atom stereocenters. The number of amides is 2. The summed E-state index contributed by atoms with van der Waals surface area (Å²) in [6, 6.07) is 12.3. The van der Waals surface area contributed by atoms with Crippen molar-refractivity contribution < 1.29 is 27.2 Å². The number of hydrogen-bond acceptors (Lipinski definition) is 2. The van der Waals surface area contributed by atoms with Crippen molar-refractivity contribution in [3.05, 3.63) is 92.7 Å². The molecule has 200 valence electrons. The van der Waals surface area contributed by atoms with Crippen LogP contribution in [-0.2, 0) is 4.79 Å². The first-order valence-corrected chi connectivity index (χ1v) is 12.6. The Balaban J connectivity index is 1.59. The van der Waals surface area contributed by atoms with Crippen molar-refractivity contribution in [2.75, 3.05) is 16.8 Å². The van der Waals surface area contributed by atoms with E-state index >= 15 is 0 Å². The number of carbonyl (C=O) groups excluding carboxylic acids is 2. The van der Waals surface area contributed by atoms with Crippen LogP contribution >= 0.6 is 58.0 Å². The molecule has 3 aromatic rings. The van der Waals surface area contributed by atoms with Gasteiger partial charge in [-0.05, 0) is 66.2 Å². The van der Waals surface area contributed by atoms with Crippen molar-refractivity contribution in [3.8, 4) is 0 Å². The molecule has 0 spiro atoms. The average molecular weight is 629 g/mol. The van der Waals surface area contributed by atoms with Gasteiger partial charge in [-0.15, -0.1) is 23.2 Å². The van der Waals surface area contributed by atoms with E-state index in [4.69, 9.17) is 58.0 Å². The van der Waals surface area contributed by atoms with Crippen molar-refractivity contribution in [1.82, 2.24) is 0 Å². The molecule has 0 aromatic heterocycles. The molecule has 4 nitrogen and oxygen atoms in total. The number of alkyl halides is 5. The van der Waals surface area contributed by atoms with Crippen LogP contribution in [0.25, 0.3) is 0 Å². The Bertz CT molecular complexity index is 1380. The van der Waals surface area contributed by atoms with Gasteiger partial charge in [0.25, 0.3) is 5.91 Å². The molecule has 0 heterocycles. The van der Waals surface area contributed by atoms with Crippen LogP contribution in [0.15, 0.2) is 60.7 Å². The van der Waals surface area contributed by atoms with Crippen molar-refractivity contribution in [1.29, 1.82) is 0 Å². The molecular weight excluding hydrogens is 614 g/mol. The van der Waals surface area contributed by atoms with Crippen molar-refractivity contribution in [2.24, 2.45) is 5.92 Å². The molecule has 0 aliphatic heterocycles. The minimum absolute atomic E-state index is 0.0627. The Kier molecular flexibility index (Phi) is 8.13. The summed E-state index contributed by atoms with van der Waals surface area (Å²) in [6.45, 7) is -1.66. The summed E-state index contributed by atoms with van der Waals surface area (Å²) < 4.78 is 51.7. The highest BCUT2D eigenvalue weighted by Crippen LogP contribution is 2.65. The maximum atomic E-state index is 13.3. The van der Waals surface area contributed by atoms with Gasteiger partial charge in [0.05, 0.1) is 16.5 Å². The van der Waals surface area contributed by atoms with E-state index in [1.54, 1.807) is 12.1 Å². The third kappa shape index (κ3) is 6.32. The predicted octanol–water partition coefficient (Wildman–Crippen LogP) is 8.52. The van der Waals surface area contributed by atoms with Gasteiger partial charge in [0, 0.05) is 27.3 Å². The second kappa shape index (κ2) is 10.7. The van der Waals surface area contributed by atoms with Gasteiger partial charge >= 0.3 is 6.18 Å². The van der Waals surface area contributed by atoms with Gasteiger partial charge in [-0.3, -0.25) is 14.5 Å². The van der Waals surface area contributed by atoms with Gasteiger partial charge in [-0.2, -0.15) is 13.2 Å². The quantitative estimate of drug-likeness (QED) is 0.220. The summed E-state index contributed by atoms with van der Waals surface area (Å²) in [4.78, 5) is 26.6. The monoisotopic (exact) mass is 626 g/mol. The first kappa shape index (κ1) is 28.8. The van der Waals surface area contributed by atoms with E-state index in [1.807, 2.05) is 0 Å². The lowest BCUT2D eigenvalue weighted by Crippen LogP contribution is -2.39. The molecule has 3 aromatic carbocycles.